The van der Waals surface area contributed by atoms with Gasteiger partial charge in [-0.1, -0.05) is 6.92 Å². The summed E-state index contributed by atoms with van der Waals surface area (Å²) >= 11 is 0. The van der Waals surface area contributed by atoms with E-state index in [1.165, 1.54) is 25.3 Å². The molecule has 0 aliphatic carbocycles. The van der Waals surface area contributed by atoms with Gasteiger partial charge in [-0.3, -0.25) is 4.68 Å². The number of carbonyl (C=O) groups is 1. The molecule has 7 nitrogen and oxygen atoms in total. The van der Waals surface area contributed by atoms with E-state index in [9.17, 15) is 13.6 Å². The molecule has 2 aromatic rings. The van der Waals surface area contributed by atoms with Crippen LogP contribution in [0.5, 0.6) is 11.5 Å². The molecule has 1 unspecified atom stereocenters. The molecule has 0 spiro atoms. The minimum atomic E-state index is -3.00. The van der Waals surface area contributed by atoms with E-state index in [1.807, 2.05) is 31.5 Å². The Labute approximate surface area is 156 Å². The Morgan fingerprint density at radius 3 is 2.63 bits per heavy atom. The van der Waals surface area contributed by atoms with Gasteiger partial charge in [0.25, 0.3) is 0 Å². The lowest BCUT2D eigenvalue weighted by Gasteiger charge is -2.16. The second-order valence-corrected chi connectivity index (χ2v) is 6.29. The third-order valence-corrected chi connectivity index (χ3v) is 3.85. The Morgan fingerprint density at radius 1 is 1.30 bits per heavy atom. The Bertz CT molecular complexity index is 780. The average Bonchev–Trinajstić information content (AvgIpc) is 2.91. The van der Waals surface area contributed by atoms with E-state index in [2.05, 4.69) is 20.5 Å². The van der Waals surface area contributed by atoms with Crippen LogP contribution in [0, 0.1) is 19.8 Å². The molecular formula is C18H24F2N4O3. The van der Waals surface area contributed by atoms with Crippen LogP contribution < -0.4 is 20.1 Å². The number of halogens is 2. The molecule has 0 saturated carbocycles. The van der Waals surface area contributed by atoms with Gasteiger partial charge in [0.2, 0.25) is 0 Å². The number of anilines is 1. The van der Waals surface area contributed by atoms with Crippen LogP contribution in [-0.4, -0.2) is 36.1 Å². The Hall–Kier alpha value is -2.84. The summed E-state index contributed by atoms with van der Waals surface area (Å²) in [4.78, 5) is 12.1. The number of hydrogen-bond donors (Lipinski definition) is 2. The number of aryl methyl sites for hydroxylation is 2. The molecule has 0 bridgehead atoms. The van der Waals surface area contributed by atoms with E-state index >= 15 is 0 Å². The first-order valence-electron chi connectivity index (χ1n) is 8.47. The lowest BCUT2D eigenvalue weighted by Crippen LogP contribution is -2.34. The number of amides is 2. The highest BCUT2D eigenvalue weighted by atomic mass is 19.3. The first-order chi connectivity index (χ1) is 12.8. The van der Waals surface area contributed by atoms with Crippen molar-refractivity contribution in [3.63, 3.8) is 0 Å². The van der Waals surface area contributed by atoms with Crippen molar-refractivity contribution in [2.45, 2.75) is 33.9 Å². The van der Waals surface area contributed by atoms with Crippen molar-refractivity contribution in [2.24, 2.45) is 5.92 Å². The zero-order chi connectivity index (χ0) is 20.0. The van der Waals surface area contributed by atoms with Crippen LogP contribution in [0.15, 0.2) is 24.3 Å². The largest absolute Gasteiger partial charge is 0.497 e. The standard InChI is InChI=1S/C18H24F2N4O3/c1-11(10-24-13(3)7-12(2)23-24)9-21-18(25)22-15-8-14(26-4)5-6-16(15)27-17(19)20/h5-8,11,17H,9-10H2,1-4H3,(H2,21,22,25). The average molecular weight is 382 g/mol. The minimum Gasteiger partial charge on any atom is -0.497 e. The molecule has 2 amide bonds. The van der Waals surface area contributed by atoms with Gasteiger partial charge in [-0.05, 0) is 38.0 Å². The van der Waals surface area contributed by atoms with Crippen molar-refractivity contribution in [2.75, 3.05) is 19.0 Å². The number of urea groups is 1. The molecule has 0 aliphatic rings. The first kappa shape index (κ1) is 20.5. The fourth-order valence-corrected chi connectivity index (χ4v) is 2.59. The molecule has 0 aliphatic heterocycles. The fraction of sp³-hybridized carbons (Fsp3) is 0.444. The van der Waals surface area contributed by atoms with Crippen LogP contribution in [0.1, 0.15) is 18.3 Å². The second-order valence-electron chi connectivity index (χ2n) is 6.29. The van der Waals surface area contributed by atoms with Crippen molar-refractivity contribution < 1.29 is 23.0 Å². The van der Waals surface area contributed by atoms with Crippen LogP contribution in [0.4, 0.5) is 19.3 Å². The van der Waals surface area contributed by atoms with Gasteiger partial charge in [-0.15, -0.1) is 0 Å². The lowest BCUT2D eigenvalue weighted by atomic mass is 10.2. The first-order valence-corrected chi connectivity index (χ1v) is 8.47. The van der Waals surface area contributed by atoms with Gasteiger partial charge in [0, 0.05) is 24.8 Å². The molecular weight excluding hydrogens is 358 g/mol. The molecule has 1 atom stereocenters. The van der Waals surface area contributed by atoms with Gasteiger partial charge in [0.15, 0.2) is 0 Å². The maximum atomic E-state index is 12.5. The van der Waals surface area contributed by atoms with Gasteiger partial charge >= 0.3 is 12.6 Å². The normalized spacial score (nSPS) is 12.0. The highest BCUT2D eigenvalue weighted by molar-refractivity contribution is 5.91. The third-order valence-electron chi connectivity index (χ3n) is 3.85. The zero-order valence-electron chi connectivity index (χ0n) is 15.8. The number of hydrogen-bond acceptors (Lipinski definition) is 4. The number of carbonyl (C=O) groups excluding carboxylic acids is 1. The fourth-order valence-electron chi connectivity index (χ4n) is 2.59. The maximum Gasteiger partial charge on any atom is 0.387 e. The monoisotopic (exact) mass is 382 g/mol. The SMILES string of the molecule is COc1ccc(OC(F)F)c(NC(=O)NCC(C)Cn2nc(C)cc2C)c1. The topological polar surface area (TPSA) is 77.4 Å². The van der Waals surface area contributed by atoms with E-state index in [0.29, 0.717) is 18.8 Å². The molecule has 0 fully saturated rings. The number of methoxy groups -OCH3 is 1. The van der Waals surface area contributed by atoms with E-state index in [0.717, 1.165) is 11.4 Å². The summed E-state index contributed by atoms with van der Waals surface area (Å²) in [6, 6.07) is 5.66. The number of nitrogens with zero attached hydrogens (tertiary/aromatic N) is 2. The smallest absolute Gasteiger partial charge is 0.387 e. The van der Waals surface area contributed by atoms with Crippen molar-refractivity contribution in [3.05, 3.63) is 35.7 Å². The number of nitrogens with one attached hydrogen (secondary N) is 2. The number of rotatable bonds is 8. The molecule has 27 heavy (non-hydrogen) atoms. The van der Waals surface area contributed by atoms with E-state index in [1.54, 1.807) is 0 Å². The molecule has 2 rings (SSSR count). The van der Waals surface area contributed by atoms with Crippen LogP contribution in [0.3, 0.4) is 0 Å². The van der Waals surface area contributed by atoms with Gasteiger partial charge in [-0.25, -0.2) is 4.79 Å². The third kappa shape index (κ3) is 6.12. The Morgan fingerprint density at radius 2 is 2.04 bits per heavy atom. The summed E-state index contributed by atoms with van der Waals surface area (Å²) in [5.74, 6) is 0.386. The number of benzene rings is 1. The maximum absolute atomic E-state index is 12.5. The summed E-state index contributed by atoms with van der Waals surface area (Å²) in [6.45, 7) is 3.92. The highest BCUT2D eigenvalue weighted by Crippen LogP contribution is 2.30. The highest BCUT2D eigenvalue weighted by Gasteiger charge is 2.14. The zero-order valence-corrected chi connectivity index (χ0v) is 15.8. The molecule has 1 aromatic heterocycles. The van der Waals surface area contributed by atoms with Crippen molar-refractivity contribution >= 4 is 11.7 Å². The predicted octanol–water partition coefficient (Wildman–Crippen LogP) is 3.57. The molecule has 2 N–H and O–H groups in total. The summed E-state index contributed by atoms with van der Waals surface area (Å²) in [5, 5.41) is 9.63. The van der Waals surface area contributed by atoms with E-state index < -0.39 is 12.6 Å². The molecule has 148 valence electrons. The molecule has 0 saturated heterocycles. The Kier molecular flexibility index (Phi) is 6.98. The van der Waals surface area contributed by atoms with Gasteiger partial charge in [0.1, 0.15) is 11.5 Å². The van der Waals surface area contributed by atoms with Gasteiger partial charge in [0.05, 0.1) is 18.5 Å². The van der Waals surface area contributed by atoms with Gasteiger partial charge in [-0.2, -0.15) is 13.9 Å². The molecule has 9 heteroatoms. The van der Waals surface area contributed by atoms with Crippen LogP contribution >= 0.6 is 0 Å². The summed E-state index contributed by atoms with van der Waals surface area (Å²) in [6.07, 6.45) is 0. The second kappa shape index (κ2) is 9.20. The van der Waals surface area contributed by atoms with Crippen molar-refractivity contribution in [1.82, 2.24) is 15.1 Å². The van der Waals surface area contributed by atoms with E-state index in [-0.39, 0.29) is 17.4 Å². The molecule has 1 aromatic carbocycles. The summed E-state index contributed by atoms with van der Waals surface area (Å²) < 4.78 is 36.4. The number of ether oxygens (including phenoxy) is 2. The molecule has 1 heterocycles. The number of alkyl halides is 2. The minimum absolute atomic E-state index is 0.0957. The van der Waals surface area contributed by atoms with Crippen molar-refractivity contribution in [3.8, 4) is 11.5 Å². The van der Waals surface area contributed by atoms with Gasteiger partial charge < -0.3 is 20.1 Å². The lowest BCUT2D eigenvalue weighted by molar-refractivity contribution is -0.0493. The van der Waals surface area contributed by atoms with Crippen LogP contribution in [-0.2, 0) is 6.54 Å². The van der Waals surface area contributed by atoms with Crippen LogP contribution in [0.2, 0.25) is 0 Å². The summed E-state index contributed by atoms with van der Waals surface area (Å²) in [5.41, 5.74) is 2.09. The van der Waals surface area contributed by atoms with E-state index in [4.69, 9.17) is 4.74 Å². The summed E-state index contributed by atoms with van der Waals surface area (Å²) in [7, 11) is 1.44. The molecule has 0 radical (unpaired) electrons. The predicted molar refractivity (Wildman–Crippen MR) is 97.5 cm³/mol. The van der Waals surface area contributed by atoms with Crippen molar-refractivity contribution in [1.29, 1.82) is 0 Å². The quantitative estimate of drug-likeness (QED) is 0.732. The number of aromatic nitrogens is 2. The Balaban J connectivity index is 1.93. The van der Waals surface area contributed by atoms with Crippen LogP contribution in [0.25, 0.3) is 0 Å².